The normalized spacial score (nSPS) is 6.17. The first-order chi connectivity index (χ1) is 2.81. The standard InChI is InChI=1S/C5H5O/c1-3-5(2)4-6/h1H2,2H3. The summed E-state index contributed by atoms with van der Waals surface area (Å²) in [6.07, 6.45) is 1.61. The van der Waals surface area contributed by atoms with Gasteiger partial charge in [0.05, 0.1) is 0 Å². The number of hydrogen-bond donors (Lipinski definition) is 0. The van der Waals surface area contributed by atoms with Crippen LogP contribution in [-0.2, 0) is 4.79 Å². The van der Waals surface area contributed by atoms with Gasteiger partial charge in [-0.05, 0) is 6.92 Å². The molecule has 1 radical (unpaired) electrons. The van der Waals surface area contributed by atoms with Crippen molar-refractivity contribution in [1.29, 1.82) is 0 Å². The maximum atomic E-state index is 9.47. The summed E-state index contributed by atoms with van der Waals surface area (Å²) in [5.74, 6) is 0. The van der Waals surface area contributed by atoms with Gasteiger partial charge in [0.2, 0.25) is 6.29 Å². The third-order valence-corrected chi connectivity index (χ3v) is 0.418. The molecular weight excluding hydrogens is 76.1 g/mol. The minimum atomic E-state index is 0.426. The van der Waals surface area contributed by atoms with Gasteiger partial charge in [0, 0.05) is 5.57 Å². The Morgan fingerprint density at radius 1 is 1.83 bits per heavy atom. The molecule has 0 aliphatic rings. The lowest BCUT2D eigenvalue weighted by Gasteiger charge is -1.65. The highest BCUT2D eigenvalue weighted by atomic mass is 16.1. The average Bonchev–Trinajstić information content (AvgIpc) is 1.65. The van der Waals surface area contributed by atoms with Gasteiger partial charge in [-0.15, -0.1) is 5.73 Å². The molecule has 0 aliphatic heterocycles. The monoisotopic (exact) mass is 81.0 g/mol. The van der Waals surface area contributed by atoms with Crippen molar-refractivity contribution in [3.63, 3.8) is 0 Å². The number of allylic oxidation sites excluding steroid dienone is 1. The van der Waals surface area contributed by atoms with Gasteiger partial charge < -0.3 is 0 Å². The highest BCUT2D eigenvalue weighted by molar-refractivity contribution is 5.72. The second-order valence-corrected chi connectivity index (χ2v) is 0.904. The zero-order chi connectivity index (χ0) is 4.99. The van der Waals surface area contributed by atoms with Crippen LogP contribution < -0.4 is 0 Å². The summed E-state index contributed by atoms with van der Waals surface area (Å²) in [6, 6.07) is 0. The van der Waals surface area contributed by atoms with Gasteiger partial charge in [-0.3, -0.25) is 4.79 Å². The van der Waals surface area contributed by atoms with E-state index in [4.69, 9.17) is 0 Å². The Kier molecular flexibility index (Phi) is 2.10. The minimum Gasteiger partial charge on any atom is -0.285 e. The van der Waals surface area contributed by atoms with E-state index in [0.29, 0.717) is 5.57 Å². The van der Waals surface area contributed by atoms with Gasteiger partial charge in [0.1, 0.15) is 0 Å². The molecule has 0 spiro atoms. The van der Waals surface area contributed by atoms with Crippen molar-refractivity contribution in [2.24, 2.45) is 0 Å². The van der Waals surface area contributed by atoms with Crippen LogP contribution in [0.25, 0.3) is 0 Å². The molecule has 0 heterocycles. The maximum absolute atomic E-state index is 9.47. The third-order valence-electron chi connectivity index (χ3n) is 0.418. The van der Waals surface area contributed by atoms with Crippen molar-refractivity contribution in [2.45, 2.75) is 6.92 Å². The molecule has 0 fully saturated rings. The summed E-state index contributed by atoms with van der Waals surface area (Å²) in [7, 11) is 0. The topological polar surface area (TPSA) is 17.1 Å². The lowest BCUT2D eigenvalue weighted by molar-refractivity contribution is 0.562. The molecule has 1 heteroatoms. The highest BCUT2D eigenvalue weighted by Gasteiger charge is 1.73. The number of carbonyl (C=O) groups excluding carboxylic acids is 1. The summed E-state index contributed by atoms with van der Waals surface area (Å²) in [4.78, 5) is 9.47. The molecule has 0 saturated heterocycles. The first-order valence-corrected chi connectivity index (χ1v) is 1.56. The van der Waals surface area contributed by atoms with E-state index in [1.807, 2.05) is 0 Å². The molecule has 31 valence electrons. The Bertz CT molecular complexity index is 96.5. The largest absolute Gasteiger partial charge is 0.285 e. The summed E-state index contributed by atoms with van der Waals surface area (Å²) in [6.45, 7) is 4.80. The van der Waals surface area contributed by atoms with Crippen molar-refractivity contribution in [3.05, 3.63) is 17.9 Å². The molecule has 0 rings (SSSR count). The highest BCUT2D eigenvalue weighted by Crippen LogP contribution is 1.75. The van der Waals surface area contributed by atoms with Crippen LogP contribution in [-0.4, -0.2) is 6.29 Å². The fourth-order valence-corrected chi connectivity index (χ4v) is 0.0361. The van der Waals surface area contributed by atoms with Crippen molar-refractivity contribution >= 4 is 6.29 Å². The van der Waals surface area contributed by atoms with Gasteiger partial charge in [0.25, 0.3) is 0 Å². The molecule has 0 N–H and O–H groups in total. The van der Waals surface area contributed by atoms with E-state index in [0.717, 1.165) is 0 Å². The Morgan fingerprint density at radius 3 is 2.33 bits per heavy atom. The third kappa shape index (κ3) is 1.50. The Morgan fingerprint density at radius 2 is 2.33 bits per heavy atom. The second kappa shape index (κ2) is 2.43. The molecule has 0 aromatic heterocycles. The molecular formula is C5H5O. The van der Waals surface area contributed by atoms with Gasteiger partial charge >= 0.3 is 0 Å². The van der Waals surface area contributed by atoms with Crippen molar-refractivity contribution in [3.8, 4) is 0 Å². The Hall–Kier alpha value is -0.810. The first-order valence-electron chi connectivity index (χ1n) is 1.56. The van der Waals surface area contributed by atoms with Crippen molar-refractivity contribution in [1.82, 2.24) is 0 Å². The second-order valence-electron chi connectivity index (χ2n) is 0.904. The SMILES string of the molecule is C=C=C(C)[C]=O. The molecule has 0 saturated carbocycles. The summed E-state index contributed by atoms with van der Waals surface area (Å²) < 4.78 is 0. The molecule has 0 aromatic carbocycles. The zero-order valence-electron chi connectivity index (χ0n) is 3.62. The van der Waals surface area contributed by atoms with E-state index in [-0.39, 0.29) is 0 Å². The maximum Gasteiger partial charge on any atom is 0.237 e. The summed E-state index contributed by atoms with van der Waals surface area (Å²) >= 11 is 0. The van der Waals surface area contributed by atoms with Crippen LogP contribution in [0.3, 0.4) is 0 Å². The Balaban J connectivity index is 3.86. The van der Waals surface area contributed by atoms with Crippen LogP contribution in [0, 0.1) is 0 Å². The summed E-state index contributed by atoms with van der Waals surface area (Å²) in [5.41, 5.74) is 2.78. The van der Waals surface area contributed by atoms with Gasteiger partial charge in [-0.25, -0.2) is 0 Å². The Labute approximate surface area is 37.0 Å². The number of rotatable bonds is 1. The smallest absolute Gasteiger partial charge is 0.237 e. The summed E-state index contributed by atoms with van der Waals surface area (Å²) in [5, 5.41) is 0. The van der Waals surface area contributed by atoms with Gasteiger partial charge in [0.15, 0.2) is 0 Å². The van der Waals surface area contributed by atoms with E-state index >= 15 is 0 Å². The van der Waals surface area contributed by atoms with Crippen LogP contribution in [0.4, 0.5) is 0 Å². The van der Waals surface area contributed by atoms with E-state index in [9.17, 15) is 4.79 Å². The number of hydrogen-bond acceptors (Lipinski definition) is 1. The predicted octanol–water partition coefficient (Wildman–Crippen LogP) is 0.827. The van der Waals surface area contributed by atoms with Crippen molar-refractivity contribution in [2.75, 3.05) is 0 Å². The molecule has 1 nitrogen and oxygen atoms in total. The molecule has 6 heavy (non-hydrogen) atoms. The molecule has 0 unspecified atom stereocenters. The van der Waals surface area contributed by atoms with Crippen molar-refractivity contribution < 1.29 is 4.79 Å². The van der Waals surface area contributed by atoms with E-state index < -0.39 is 0 Å². The molecule has 0 atom stereocenters. The van der Waals surface area contributed by atoms with Crippen LogP contribution in [0.1, 0.15) is 6.92 Å². The van der Waals surface area contributed by atoms with Gasteiger partial charge in [-0.1, -0.05) is 6.58 Å². The van der Waals surface area contributed by atoms with E-state index in [2.05, 4.69) is 12.3 Å². The predicted molar refractivity (Wildman–Crippen MR) is 24.0 cm³/mol. The minimum absolute atomic E-state index is 0.426. The average molecular weight is 81.1 g/mol. The van der Waals surface area contributed by atoms with E-state index in [1.54, 1.807) is 13.2 Å². The fourth-order valence-electron chi connectivity index (χ4n) is 0.0361. The van der Waals surface area contributed by atoms with Crippen LogP contribution in [0.2, 0.25) is 0 Å². The molecule has 0 bridgehead atoms. The lowest BCUT2D eigenvalue weighted by Crippen LogP contribution is -1.66. The van der Waals surface area contributed by atoms with E-state index in [1.165, 1.54) is 0 Å². The van der Waals surface area contributed by atoms with Crippen LogP contribution in [0.15, 0.2) is 17.9 Å². The molecule has 0 amide bonds. The quantitative estimate of drug-likeness (QED) is 0.337. The first kappa shape index (κ1) is 5.19. The van der Waals surface area contributed by atoms with Crippen LogP contribution in [0.5, 0.6) is 0 Å². The zero-order valence-corrected chi connectivity index (χ0v) is 3.62. The molecule has 0 aliphatic carbocycles. The van der Waals surface area contributed by atoms with Gasteiger partial charge in [-0.2, -0.15) is 0 Å². The molecule has 0 aromatic rings. The fraction of sp³-hybridized carbons (Fsp3) is 0.200. The van der Waals surface area contributed by atoms with Crippen LogP contribution >= 0.6 is 0 Å². The lowest BCUT2D eigenvalue weighted by atomic mass is 10.4.